The number of fused-ring (bicyclic) bond motifs is 1. The lowest BCUT2D eigenvalue weighted by molar-refractivity contribution is -0.0214. The summed E-state index contributed by atoms with van der Waals surface area (Å²) >= 11 is 0. The lowest BCUT2D eigenvalue weighted by atomic mass is 10.0. The number of hydrogen-bond acceptors (Lipinski definition) is 4. The highest BCUT2D eigenvalue weighted by atomic mass is 19.3. The van der Waals surface area contributed by atoms with Crippen LogP contribution in [0, 0.1) is 0 Å². The molecule has 0 amide bonds. The number of allylic oxidation sites excluding steroid dienone is 1. The van der Waals surface area contributed by atoms with Gasteiger partial charge in [-0.2, -0.15) is 8.78 Å². The van der Waals surface area contributed by atoms with E-state index >= 15 is 0 Å². The minimum atomic E-state index is -2.91. The Morgan fingerprint density at radius 3 is 2.91 bits per heavy atom. The van der Waals surface area contributed by atoms with Crippen LogP contribution in [0.1, 0.15) is 37.9 Å². The van der Waals surface area contributed by atoms with Gasteiger partial charge in [-0.25, -0.2) is 5.43 Å². The molecule has 1 aromatic carbocycles. The molecule has 2 heterocycles. The van der Waals surface area contributed by atoms with Gasteiger partial charge in [-0.15, -0.1) is 0 Å². The summed E-state index contributed by atoms with van der Waals surface area (Å²) in [4.78, 5) is 0. The van der Waals surface area contributed by atoms with Gasteiger partial charge in [0.2, 0.25) is 0 Å². The molecule has 0 fully saturated rings. The van der Waals surface area contributed by atoms with Crippen LogP contribution in [0.25, 0.3) is 0 Å². The molecule has 4 nitrogen and oxygen atoms in total. The molecule has 2 aliphatic rings. The fourth-order valence-corrected chi connectivity index (χ4v) is 2.93. The van der Waals surface area contributed by atoms with Gasteiger partial charge in [0.25, 0.3) is 0 Å². The zero-order chi connectivity index (χ0) is 15.9. The molecule has 2 aliphatic heterocycles. The highest BCUT2D eigenvalue weighted by Crippen LogP contribution is 2.44. The van der Waals surface area contributed by atoms with Gasteiger partial charge in [-0.1, -0.05) is 12.1 Å². The number of hydrogen-bond donors (Lipinski definition) is 1. The van der Waals surface area contributed by atoms with Crippen molar-refractivity contribution in [3.05, 3.63) is 41.3 Å². The van der Waals surface area contributed by atoms with E-state index in [-0.39, 0.29) is 17.7 Å². The van der Waals surface area contributed by atoms with Crippen LogP contribution in [-0.2, 0) is 10.7 Å². The van der Waals surface area contributed by atoms with Crippen molar-refractivity contribution in [1.29, 1.82) is 0 Å². The third-order valence-corrected chi connectivity index (χ3v) is 3.84. The molecule has 120 valence electrons. The Morgan fingerprint density at radius 1 is 1.41 bits per heavy atom. The zero-order valence-corrected chi connectivity index (χ0v) is 12.9. The summed E-state index contributed by atoms with van der Waals surface area (Å²) in [5.41, 5.74) is 4.01. The van der Waals surface area contributed by atoms with E-state index in [2.05, 4.69) is 5.43 Å². The topological polar surface area (TPSA) is 33.7 Å². The van der Waals surface area contributed by atoms with Gasteiger partial charge < -0.3 is 14.5 Å². The fourth-order valence-electron chi connectivity index (χ4n) is 2.93. The number of para-hydroxylation sites is 1. The fraction of sp³-hybridized carbons (Fsp3) is 0.500. The summed E-state index contributed by atoms with van der Waals surface area (Å²) in [6.45, 7) is 5.91. The number of rotatable bonds is 3. The largest absolute Gasteiger partial charge is 0.492 e. The Bertz CT molecular complexity index is 604. The minimum Gasteiger partial charge on any atom is -0.492 e. The number of nitrogens with zero attached hydrogens (tertiary/aromatic N) is 1. The van der Waals surface area contributed by atoms with Crippen LogP contribution < -0.4 is 10.2 Å². The molecule has 2 atom stereocenters. The van der Waals surface area contributed by atoms with Gasteiger partial charge in [-0.05, 0) is 26.8 Å². The molecule has 0 spiro atoms. The first-order valence-electron chi connectivity index (χ1n) is 7.39. The Kier molecular flexibility index (Phi) is 3.72. The predicted molar refractivity (Wildman–Crippen MR) is 78.4 cm³/mol. The van der Waals surface area contributed by atoms with Crippen LogP contribution >= 0.6 is 0 Å². The van der Waals surface area contributed by atoms with Crippen molar-refractivity contribution in [2.75, 3.05) is 13.2 Å². The molecular formula is C16H20F2N2O2. The van der Waals surface area contributed by atoms with Gasteiger partial charge in [0.05, 0.1) is 24.4 Å². The van der Waals surface area contributed by atoms with Gasteiger partial charge in [0.15, 0.2) is 6.61 Å². The summed E-state index contributed by atoms with van der Waals surface area (Å²) in [7, 11) is 0. The van der Waals surface area contributed by atoms with Crippen LogP contribution in [0.2, 0.25) is 0 Å². The normalized spacial score (nSPS) is 24.1. The molecule has 0 saturated carbocycles. The lowest BCUT2D eigenvalue weighted by Crippen LogP contribution is -2.43. The van der Waals surface area contributed by atoms with E-state index in [4.69, 9.17) is 9.47 Å². The molecule has 1 N–H and O–H groups in total. The first-order chi connectivity index (χ1) is 10.4. The van der Waals surface area contributed by atoms with Crippen LogP contribution in [-0.4, -0.2) is 24.3 Å². The van der Waals surface area contributed by atoms with Gasteiger partial charge in [0, 0.05) is 5.56 Å². The number of alkyl halides is 2. The molecule has 0 aromatic heterocycles. The highest BCUT2D eigenvalue weighted by Gasteiger charge is 2.42. The van der Waals surface area contributed by atoms with Crippen LogP contribution in [0.3, 0.4) is 0 Å². The van der Waals surface area contributed by atoms with Crippen LogP contribution in [0.15, 0.2) is 30.2 Å². The maximum absolute atomic E-state index is 13.8. The first-order valence-corrected chi connectivity index (χ1v) is 7.39. The summed E-state index contributed by atoms with van der Waals surface area (Å²) in [6.07, 6.45) is 1.95. The summed E-state index contributed by atoms with van der Waals surface area (Å²) in [5.74, 6) is -1.79. The smallest absolute Gasteiger partial charge is 0.310 e. The molecule has 22 heavy (non-hydrogen) atoms. The summed E-state index contributed by atoms with van der Waals surface area (Å²) in [6, 6.07) is 4.74. The quantitative estimate of drug-likeness (QED) is 0.928. The second-order valence-corrected chi connectivity index (χ2v) is 5.89. The van der Waals surface area contributed by atoms with E-state index in [1.807, 2.05) is 38.0 Å². The van der Waals surface area contributed by atoms with E-state index in [0.29, 0.717) is 12.3 Å². The average Bonchev–Trinajstić information content (AvgIpc) is 2.73. The maximum Gasteiger partial charge on any atom is 0.310 e. The van der Waals surface area contributed by atoms with Crippen molar-refractivity contribution in [1.82, 2.24) is 10.4 Å². The summed E-state index contributed by atoms with van der Waals surface area (Å²) < 4.78 is 38.3. The van der Waals surface area contributed by atoms with E-state index in [1.165, 1.54) is 6.07 Å². The zero-order valence-electron chi connectivity index (χ0n) is 12.9. The lowest BCUT2D eigenvalue weighted by Gasteiger charge is -2.33. The number of ether oxygens (including phenoxy) is 2. The number of halogens is 2. The third kappa shape index (κ3) is 2.75. The number of nitrogens with one attached hydrogen (secondary N) is 1. The molecule has 0 aliphatic carbocycles. The Hall–Kier alpha value is -1.82. The molecule has 1 unspecified atom stereocenters. The third-order valence-electron chi connectivity index (χ3n) is 3.84. The van der Waals surface area contributed by atoms with Crippen molar-refractivity contribution in [3.8, 4) is 5.75 Å². The Morgan fingerprint density at radius 2 is 2.18 bits per heavy atom. The highest BCUT2D eigenvalue weighted by molar-refractivity contribution is 5.48. The first kappa shape index (κ1) is 15.1. The maximum atomic E-state index is 13.8. The van der Waals surface area contributed by atoms with Crippen molar-refractivity contribution in [2.45, 2.75) is 38.8 Å². The van der Waals surface area contributed by atoms with Crippen LogP contribution in [0.4, 0.5) is 8.78 Å². The molecule has 0 bridgehead atoms. The van der Waals surface area contributed by atoms with E-state index < -0.39 is 12.5 Å². The monoisotopic (exact) mass is 310 g/mol. The standard InChI is InChI=1S/C16H20F2N2O2/c1-10-7-20(8-11(2)22-10)19-12(3)13-5-4-6-14-15(13)21-9-16(14,17)18/h4-7,11-12,19H,8-9H2,1-3H3/t11-,12?/m1/s1. The van der Waals surface area contributed by atoms with Gasteiger partial charge in [0.1, 0.15) is 17.6 Å². The second kappa shape index (κ2) is 5.43. The molecular weight excluding hydrogens is 290 g/mol. The van der Waals surface area contributed by atoms with E-state index in [0.717, 1.165) is 11.3 Å². The summed E-state index contributed by atoms with van der Waals surface area (Å²) in [5, 5.41) is 1.93. The van der Waals surface area contributed by atoms with Crippen molar-refractivity contribution in [3.63, 3.8) is 0 Å². The minimum absolute atomic E-state index is 0.0271. The molecule has 3 rings (SSSR count). The van der Waals surface area contributed by atoms with E-state index in [9.17, 15) is 8.78 Å². The van der Waals surface area contributed by atoms with Gasteiger partial charge >= 0.3 is 5.92 Å². The predicted octanol–water partition coefficient (Wildman–Crippen LogP) is 3.32. The van der Waals surface area contributed by atoms with Crippen molar-refractivity contribution >= 4 is 0 Å². The Balaban J connectivity index is 1.81. The van der Waals surface area contributed by atoms with Crippen molar-refractivity contribution in [2.24, 2.45) is 0 Å². The number of benzene rings is 1. The Labute approximate surface area is 128 Å². The molecule has 0 saturated heterocycles. The van der Waals surface area contributed by atoms with E-state index in [1.54, 1.807) is 6.07 Å². The van der Waals surface area contributed by atoms with Gasteiger partial charge in [-0.3, -0.25) is 0 Å². The number of hydrazine groups is 1. The van der Waals surface area contributed by atoms with Crippen LogP contribution in [0.5, 0.6) is 5.75 Å². The molecule has 1 aromatic rings. The average molecular weight is 310 g/mol. The molecule has 6 heteroatoms. The SMILES string of the molecule is CC1=CN(NC(C)c2cccc3c2OCC3(F)F)C[C@@H](C)O1. The van der Waals surface area contributed by atoms with Crippen molar-refractivity contribution < 1.29 is 18.3 Å². The molecule has 0 radical (unpaired) electrons. The second-order valence-electron chi connectivity index (χ2n) is 5.89.